The SMILES string of the molecule is CC1(C)c2ccccc2-c2ccc(N(c3ccccc3-c3ccccc3)c3ccc4ccccc4c3-c3cccc4ccccc34)cc21. The predicted octanol–water partition coefficient (Wildman–Crippen LogP) is 13.1. The standard InChI is InChI=1S/C47H35N/c1-47(2)42-25-12-10-23-39(42)40-29-28-35(31-43(40)47)48(44-26-13-11-21-37(44)33-15-4-3-5-16-33)45-30-27-34-18-7-9-22-38(34)46(45)41-24-14-19-32-17-6-8-20-36(32)41/h3-31H,1-2H3. The van der Waals surface area contributed by atoms with Crippen molar-refractivity contribution in [2.45, 2.75) is 19.3 Å². The Morgan fingerprint density at radius 3 is 1.83 bits per heavy atom. The molecule has 0 unspecified atom stereocenters. The summed E-state index contributed by atoms with van der Waals surface area (Å²) in [6.07, 6.45) is 0. The van der Waals surface area contributed by atoms with E-state index < -0.39 is 0 Å². The van der Waals surface area contributed by atoms with Crippen LogP contribution in [0.4, 0.5) is 17.1 Å². The third-order valence-corrected chi connectivity index (χ3v) is 10.3. The third-order valence-electron chi connectivity index (χ3n) is 10.3. The second-order valence-corrected chi connectivity index (χ2v) is 13.3. The smallest absolute Gasteiger partial charge is 0.0546 e. The summed E-state index contributed by atoms with van der Waals surface area (Å²) in [7, 11) is 0. The van der Waals surface area contributed by atoms with Crippen LogP contribution in [0.2, 0.25) is 0 Å². The molecule has 9 rings (SSSR count). The number of anilines is 3. The minimum Gasteiger partial charge on any atom is -0.309 e. The molecular formula is C47H35N. The maximum absolute atomic E-state index is 2.51. The fourth-order valence-electron chi connectivity index (χ4n) is 7.94. The van der Waals surface area contributed by atoms with E-state index in [-0.39, 0.29) is 5.41 Å². The van der Waals surface area contributed by atoms with Crippen molar-refractivity contribution in [1.29, 1.82) is 0 Å². The first kappa shape index (κ1) is 28.3. The van der Waals surface area contributed by atoms with Crippen molar-refractivity contribution in [3.63, 3.8) is 0 Å². The molecule has 228 valence electrons. The van der Waals surface area contributed by atoms with Gasteiger partial charge >= 0.3 is 0 Å². The molecule has 1 nitrogen and oxygen atoms in total. The largest absolute Gasteiger partial charge is 0.309 e. The van der Waals surface area contributed by atoms with Crippen molar-refractivity contribution in [2.24, 2.45) is 0 Å². The second-order valence-electron chi connectivity index (χ2n) is 13.3. The van der Waals surface area contributed by atoms with Gasteiger partial charge in [0.25, 0.3) is 0 Å². The van der Waals surface area contributed by atoms with Gasteiger partial charge in [-0.15, -0.1) is 0 Å². The number of benzene rings is 8. The highest BCUT2D eigenvalue weighted by molar-refractivity contribution is 6.12. The molecule has 1 heteroatoms. The van der Waals surface area contributed by atoms with Gasteiger partial charge in [0, 0.05) is 22.2 Å². The first-order valence-electron chi connectivity index (χ1n) is 16.8. The van der Waals surface area contributed by atoms with Crippen molar-refractivity contribution in [1.82, 2.24) is 0 Å². The fraction of sp³-hybridized carbons (Fsp3) is 0.0638. The number of fused-ring (bicyclic) bond motifs is 5. The number of nitrogens with zero attached hydrogens (tertiary/aromatic N) is 1. The van der Waals surface area contributed by atoms with E-state index in [1.165, 1.54) is 66.1 Å². The van der Waals surface area contributed by atoms with Crippen LogP contribution in [0.1, 0.15) is 25.0 Å². The van der Waals surface area contributed by atoms with Crippen LogP contribution in [0.25, 0.3) is 54.9 Å². The lowest BCUT2D eigenvalue weighted by Gasteiger charge is -2.32. The monoisotopic (exact) mass is 613 g/mol. The van der Waals surface area contributed by atoms with Crippen LogP contribution in [-0.2, 0) is 5.41 Å². The van der Waals surface area contributed by atoms with Gasteiger partial charge in [-0.25, -0.2) is 0 Å². The lowest BCUT2D eigenvalue weighted by Crippen LogP contribution is -2.17. The van der Waals surface area contributed by atoms with Crippen LogP contribution in [0.15, 0.2) is 176 Å². The van der Waals surface area contributed by atoms with E-state index in [0.29, 0.717) is 0 Å². The van der Waals surface area contributed by atoms with Gasteiger partial charge in [-0.2, -0.15) is 0 Å². The van der Waals surface area contributed by atoms with E-state index >= 15 is 0 Å². The van der Waals surface area contributed by atoms with Crippen LogP contribution in [0.5, 0.6) is 0 Å². The quantitative estimate of drug-likeness (QED) is 0.187. The van der Waals surface area contributed by atoms with Gasteiger partial charge in [-0.3, -0.25) is 0 Å². The molecule has 0 amide bonds. The summed E-state index contributed by atoms with van der Waals surface area (Å²) in [5, 5.41) is 4.95. The molecule has 0 spiro atoms. The first-order chi connectivity index (χ1) is 23.6. The molecule has 0 saturated carbocycles. The Bertz CT molecular complexity index is 2480. The minimum absolute atomic E-state index is 0.117. The molecule has 0 aliphatic heterocycles. The highest BCUT2D eigenvalue weighted by atomic mass is 15.1. The molecule has 0 aromatic heterocycles. The molecule has 8 aromatic rings. The van der Waals surface area contributed by atoms with Crippen LogP contribution in [0.3, 0.4) is 0 Å². The fourth-order valence-corrected chi connectivity index (χ4v) is 7.94. The first-order valence-corrected chi connectivity index (χ1v) is 16.8. The zero-order valence-corrected chi connectivity index (χ0v) is 27.2. The highest BCUT2D eigenvalue weighted by Crippen LogP contribution is 2.53. The van der Waals surface area contributed by atoms with Gasteiger partial charge in [-0.05, 0) is 79.2 Å². The average molecular weight is 614 g/mol. The summed E-state index contributed by atoms with van der Waals surface area (Å²) in [6.45, 7) is 4.72. The Morgan fingerprint density at radius 2 is 1.00 bits per heavy atom. The van der Waals surface area contributed by atoms with E-state index in [2.05, 4.69) is 195 Å². The number of rotatable bonds is 5. The van der Waals surface area contributed by atoms with Crippen molar-refractivity contribution in [3.8, 4) is 33.4 Å². The Morgan fingerprint density at radius 1 is 0.396 bits per heavy atom. The van der Waals surface area contributed by atoms with E-state index in [1.807, 2.05) is 0 Å². The molecule has 0 bridgehead atoms. The van der Waals surface area contributed by atoms with Gasteiger partial charge in [-0.1, -0.05) is 166 Å². The second kappa shape index (κ2) is 11.1. The summed E-state index contributed by atoms with van der Waals surface area (Å²) >= 11 is 0. The minimum atomic E-state index is -0.117. The highest BCUT2D eigenvalue weighted by Gasteiger charge is 2.36. The molecule has 0 N–H and O–H groups in total. The predicted molar refractivity (Wildman–Crippen MR) is 205 cm³/mol. The van der Waals surface area contributed by atoms with Crippen molar-refractivity contribution in [3.05, 3.63) is 187 Å². The summed E-state index contributed by atoms with van der Waals surface area (Å²) in [5.41, 5.74) is 13.6. The maximum Gasteiger partial charge on any atom is 0.0546 e. The molecule has 1 aliphatic rings. The molecule has 0 fully saturated rings. The topological polar surface area (TPSA) is 3.24 Å². The van der Waals surface area contributed by atoms with Gasteiger partial charge in [0.1, 0.15) is 0 Å². The lowest BCUT2D eigenvalue weighted by molar-refractivity contribution is 0.660. The zero-order chi connectivity index (χ0) is 32.2. The molecule has 1 aliphatic carbocycles. The van der Waals surface area contributed by atoms with E-state index in [4.69, 9.17) is 0 Å². The Hall–Kier alpha value is -5.92. The van der Waals surface area contributed by atoms with Crippen molar-refractivity contribution in [2.75, 3.05) is 4.90 Å². The van der Waals surface area contributed by atoms with E-state index in [9.17, 15) is 0 Å². The molecule has 0 heterocycles. The Kier molecular flexibility index (Phi) is 6.55. The van der Waals surface area contributed by atoms with Crippen LogP contribution in [0, 0.1) is 0 Å². The molecule has 0 atom stereocenters. The maximum atomic E-state index is 2.51. The van der Waals surface area contributed by atoms with Crippen LogP contribution < -0.4 is 4.90 Å². The summed E-state index contributed by atoms with van der Waals surface area (Å²) in [4.78, 5) is 2.51. The van der Waals surface area contributed by atoms with Gasteiger partial charge in [0.2, 0.25) is 0 Å². The third kappa shape index (κ3) is 4.39. The van der Waals surface area contributed by atoms with Crippen molar-refractivity contribution >= 4 is 38.6 Å². The van der Waals surface area contributed by atoms with Crippen LogP contribution in [-0.4, -0.2) is 0 Å². The van der Waals surface area contributed by atoms with Gasteiger partial charge in [0.05, 0.1) is 11.4 Å². The number of para-hydroxylation sites is 1. The van der Waals surface area contributed by atoms with Crippen LogP contribution >= 0.6 is 0 Å². The Labute approximate surface area is 282 Å². The normalized spacial score (nSPS) is 13.0. The average Bonchev–Trinajstić information content (AvgIpc) is 3.37. The lowest BCUT2D eigenvalue weighted by atomic mass is 9.82. The number of hydrogen-bond acceptors (Lipinski definition) is 1. The van der Waals surface area contributed by atoms with Crippen molar-refractivity contribution < 1.29 is 0 Å². The van der Waals surface area contributed by atoms with E-state index in [1.54, 1.807) is 0 Å². The molecule has 0 radical (unpaired) electrons. The molecular weight excluding hydrogens is 579 g/mol. The summed E-state index contributed by atoms with van der Waals surface area (Å²) in [6, 6.07) is 64.5. The zero-order valence-electron chi connectivity index (χ0n) is 27.2. The number of hydrogen-bond donors (Lipinski definition) is 0. The summed E-state index contributed by atoms with van der Waals surface area (Å²) in [5.74, 6) is 0. The molecule has 48 heavy (non-hydrogen) atoms. The molecule has 0 saturated heterocycles. The summed E-state index contributed by atoms with van der Waals surface area (Å²) < 4.78 is 0. The Balaban J connectivity index is 1.38. The molecule has 8 aromatic carbocycles. The van der Waals surface area contributed by atoms with Gasteiger partial charge < -0.3 is 4.90 Å². The van der Waals surface area contributed by atoms with E-state index in [0.717, 1.165) is 17.1 Å². The van der Waals surface area contributed by atoms with Gasteiger partial charge in [0.15, 0.2) is 0 Å².